The number of halogens is 1. The molecule has 4 aliphatic heterocycles. The molecular weight excluding hydrogens is 1270 g/mol. The van der Waals surface area contributed by atoms with Crippen LogP contribution >= 0.6 is 0 Å². The van der Waals surface area contributed by atoms with Crippen LogP contribution in [0.25, 0.3) is 44.8 Å². The summed E-state index contributed by atoms with van der Waals surface area (Å²) in [6.07, 6.45) is 5.23. The van der Waals surface area contributed by atoms with Crippen LogP contribution in [-0.2, 0) is 84.3 Å². The van der Waals surface area contributed by atoms with Gasteiger partial charge in [-0.15, -0.1) is 0 Å². The Morgan fingerprint density at radius 2 is 1.54 bits per heavy atom. The van der Waals surface area contributed by atoms with Crippen LogP contribution in [0.4, 0.5) is 10.1 Å². The molecule has 1 saturated heterocycles. The highest BCUT2D eigenvalue weighted by atomic mass is 19.1. The Balaban J connectivity index is 0.549. The van der Waals surface area contributed by atoms with Crippen molar-refractivity contribution in [3.05, 3.63) is 116 Å². The highest BCUT2D eigenvalue weighted by Crippen LogP contribution is 2.53. The number of aromatic amines is 1. The van der Waals surface area contributed by atoms with Gasteiger partial charge in [0.05, 0.1) is 86.7 Å². The molecule has 1 spiro atoms. The van der Waals surface area contributed by atoms with Crippen LogP contribution in [0.1, 0.15) is 143 Å². The summed E-state index contributed by atoms with van der Waals surface area (Å²) in [5, 5.41) is 38.1. The van der Waals surface area contributed by atoms with E-state index in [-0.39, 0.29) is 124 Å². The molecular formula is C72H86FN13O13. The van der Waals surface area contributed by atoms with Crippen LogP contribution in [-0.4, -0.2) is 154 Å². The van der Waals surface area contributed by atoms with Gasteiger partial charge in [-0.05, 0) is 123 Å². The zero-order chi connectivity index (χ0) is 69.9. The number of nitrogens with zero attached hydrogens (tertiary/aromatic N) is 6. The van der Waals surface area contributed by atoms with Crippen molar-refractivity contribution >= 4 is 63.9 Å². The fourth-order valence-electron chi connectivity index (χ4n) is 15.1. The number of ether oxygens (including phenoxy) is 3. The van der Waals surface area contributed by atoms with E-state index in [1.165, 1.54) is 10.6 Å². The lowest BCUT2D eigenvalue weighted by molar-refractivity contribution is -0.172. The maximum atomic E-state index is 15.5. The molecule has 4 atom stereocenters. The Bertz CT molecular complexity index is 4210. The number of pyridine rings is 2. The number of nitrogens with two attached hydrogens (primary N) is 1. The first kappa shape index (κ1) is 69.6. The summed E-state index contributed by atoms with van der Waals surface area (Å²) in [6, 6.07) is 15.6. The second-order valence-electron chi connectivity index (χ2n) is 27.2. The third kappa shape index (κ3) is 14.2. The number of likely N-dealkylation sites (tertiary alicyclic amines) is 1. The molecule has 0 bridgehead atoms. The van der Waals surface area contributed by atoms with E-state index < -0.39 is 71.2 Å². The fourth-order valence-corrected chi connectivity index (χ4v) is 15.1. The Kier molecular flexibility index (Phi) is 20.8. The quantitative estimate of drug-likeness (QED) is 0.0266. The van der Waals surface area contributed by atoms with Crippen LogP contribution in [0.15, 0.2) is 65.5 Å². The smallest absolute Gasteiger partial charge is 0.343 e. The molecule has 7 heterocycles. The number of nitrogens with one attached hydrogen (secondary N) is 6. The van der Waals surface area contributed by atoms with Crippen LogP contribution < -0.4 is 42.8 Å². The number of hydrogen-bond acceptors (Lipinski definition) is 17. The van der Waals surface area contributed by atoms with Gasteiger partial charge in [0.15, 0.2) is 5.60 Å². The molecule has 3 aromatic carbocycles. The molecule has 99 heavy (non-hydrogen) atoms. The van der Waals surface area contributed by atoms with Crippen molar-refractivity contribution in [1.29, 1.82) is 0 Å². The Morgan fingerprint density at radius 3 is 2.27 bits per heavy atom. The highest BCUT2D eigenvalue weighted by molar-refractivity contribution is 6.01. The van der Waals surface area contributed by atoms with Gasteiger partial charge in [-0.25, -0.2) is 14.2 Å². The number of rotatable bonds is 26. The number of hydrogen-bond donors (Lipinski definition) is 8. The third-order valence-corrected chi connectivity index (χ3v) is 20.7. The van der Waals surface area contributed by atoms with E-state index in [1.54, 1.807) is 38.7 Å². The molecule has 26 nitrogen and oxygen atoms in total. The molecule has 3 aromatic heterocycles. The van der Waals surface area contributed by atoms with E-state index >= 15 is 4.39 Å². The molecule has 524 valence electrons. The van der Waals surface area contributed by atoms with Gasteiger partial charge in [-0.2, -0.15) is 15.4 Å². The van der Waals surface area contributed by atoms with E-state index in [2.05, 4.69) is 42.0 Å². The third-order valence-electron chi connectivity index (χ3n) is 20.7. The first-order valence-corrected chi connectivity index (χ1v) is 34.5. The van der Waals surface area contributed by atoms with Gasteiger partial charge in [0.25, 0.3) is 5.56 Å². The predicted octanol–water partition coefficient (Wildman–Crippen LogP) is 4.84. The molecule has 27 heteroatoms. The van der Waals surface area contributed by atoms with Gasteiger partial charge in [0.2, 0.25) is 41.4 Å². The van der Waals surface area contributed by atoms with Gasteiger partial charge in [-0.1, -0.05) is 63.2 Å². The highest BCUT2D eigenvalue weighted by Gasteiger charge is 2.50. The largest absolute Gasteiger partial charge is 0.458 e. The summed E-state index contributed by atoms with van der Waals surface area (Å²) in [5.74, 6) is -4.30. The second kappa shape index (κ2) is 29.6. The number of fused-ring (bicyclic) bond motifs is 10. The topological polar surface area (TPSA) is 354 Å². The standard InChI is InChI=1S/C72H86FN13O13/c1-5-72(96)49-32-55-63-47(38-86(55)69(94)48(49)39-99-70(72)95)61-51(18-17-44-41(4)50(73)33-53(78-63)60(44)61)77-57(88)36-76-67(92)52(15-10-11-24-74)79-68(93)62(40(2)3)80-56(87)20-28-97-30-31-98-29-21-58(89)84-26-22-71(23-27-84)34-43(35-71)66(91)75-25-19-59(90)85-37-42-12-6-7-13-45(42)64-65(82-83-81-64)46-14-8-9-16-54(46)85/h6-9,12-14,16,32-33,40,43,51-52,62,96H,5,10-11,15,17-31,34-39,74H2,1-4H3,(H,75,91)(H,76,92)(H,77,88)(H,79,93)(H,80,87)(H,81,82,83)/t51-,52-,62-,72-/m0/s1. The molecule has 2 fully saturated rings. The molecule has 1 saturated carbocycles. The summed E-state index contributed by atoms with van der Waals surface area (Å²) >= 11 is 0. The number of amides is 7. The van der Waals surface area contributed by atoms with Crippen molar-refractivity contribution in [2.75, 3.05) is 64.1 Å². The van der Waals surface area contributed by atoms with Crippen LogP contribution in [0.2, 0.25) is 0 Å². The summed E-state index contributed by atoms with van der Waals surface area (Å²) in [5.41, 5.74) is 11.7. The number of para-hydroxylation sites is 1. The molecule has 0 unspecified atom stereocenters. The molecule has 6 aliphatic rings. The Hall–Kier alpha value is -9.31. The number of carbonyl (C=O) groups is 8. The number of carbonyl (C=O) groups excluding carboxylic acids is 8. The lowest BCUT2D eigenvalue weighted by atomic mass is 9.57. The number of aliphatic hydroxyl groups is 1. The summed E-state index contributed by atoms with van der Waals surface area (Å²) in [7, 11) is 0. The number of unbranched alkanes of at least 4 members (excludes halogenated alkanes) is 1. The average molecular weight is 1360 g/mol. The summed E-state index contributed by atoms with van der Waals surface area (Å²) in [6.45, 7) is 8.71. The minimum absolute atomic E-state index is 0.00821. The normalized spacial score (nSPS) is 18.4. The molecule has 9 N–H and O–H groups in total. The number of cyclic esters (lactones) is 1. The van der Waals surface area contributed by atoms with Crippen molar-refractivity contribution in [2.24, 2.45) is 23.0 Å². The van der Waals surface area contributed by atoms with Crippen molar-refractivity contribution in [3.8, 4) is 33.9 Å². The lowest BCUT2D eigenvalue weighted by Gasteiger charge is -2.51. The zero-order valence-corrected chi connectivity index (χ0v) is 56.3. The van der Waals surface area contributed by atoms with E-state index in [1.807, 2.05) is 53.4 Å². The van der Waals surface area contributed by atoms with Crippen molar-refractivity contribution in [1.82, 2.24) is 56.4 Å². The fraction of sp³-hybridized carbons (Fsp3) is 0.500. The van der Waals surface area contributed by atoms with Crippen LogP contribution in [0.5, 0.6) is 0 Å². The number of anilines is 1. The molecule has 6 aromatic rings. The molecule has 7 amide bonds. The first-order chi connectivity index (χ1) is 47.7. The van der Waals surface area contributed by atoms with Crippen molar-refractivity contribution < 1.29 is 62.1 Å². The monoisotopic (exact) mass is 1360 g/mol. The number of aromatic nitrogens is 5. The van der Waals surface area contributed by atoms with Gasteiger partial charge >= 0.3 is 5.97 Å². The maximum Gasteiger partial charge on any atom is 0.343 e. The van der Waals surface area contributed by atoms with Crippen molar-refractivity contribution in [3.63, 3.8) is 0 Å². The van der Waals surface area contributed by atoms with E-state index in [4.69, 9.17) is 24.9 Å². The number of piperidine rings is 1. The zero-order valence-electron chi connectivity index (χ0n) is 56.3. The average Bonchev–Trinajstić information content (AvgIpc) is 1.60. The first-order valence-electron chi connectivity index (χ1n) is 34.5. The lowest BCUT2D eigenvalue weighted by Crippen LogP contribution is -2.56. The van der Waals surface area contributed by atoms with E-state index in [9.17, 15) is 48.3 Å². The number of H-pyrrole nitrogens is 1. The number of esters is 1. The molecule has 0 radical (unpaired) electrons. The minimum atomic E-state index is -2.06. The van der Waals surface area contributed by atoms with Gasteiger partial charge in [-0.3, -0.25) is 38.4 Å². The van der Waals surface area contributed by atoms with E-state index in [0.717, 1.165) is 59.3 Å². The predicted molar refractivity (Wildman–Crippen MR) is 361 cm³/mol. The Morgan fingerprint density at radius 1 is 0.818 bits per heavy atom. The maximum absolute atomic E-state index is 15.5. The molecule has 2 aliphatic carbocycles. The Labute approximate surface area is 571 Å². The van der Waals surface area contributed by atoms with Gasteiger partial charge < -0.3 is 66.0 Å². The summed E-state index contributed by atoms with van der Waals surface area (Å²) in [4.78, 5) is 131. The number of aryl methyl sites for hydroxylation is 1. The van der Waals surface area contributed by atoms with Gasteiger partial charge in [0, 0.05) is 72.1 Å². The summed E-state index contributed by atoms with van der Waals surface area (Å²) < 4.78 is 33.7. The SMILES string of the molecule is CC[C@@]1(O)C(=O)OCc2c1cc1n(c2=O)Cc2c-1nc1cc(F)c(C)c3c1c2[C@@H](NC(=O)CNC(=O)[C@H](CCCCN)NC(=O)[C@@H](NC(=O)CCOCCOCCC(=O)N1CCC2(CC1)CC(C(=O)NCCC(=O)N1Cc4ccccc4-c4n[nH]nc4-c4ccccc41)C2)C(C)C)CC3. The van der Waals surface area contributed by atoms with Crippen LogP contribution in [0.3, 0.4) is 0 Å². The van der Waals surface area contributed by atoms with Gasteiger partial charge in [0.1, 0.15) is 35.9 Å². The van der Waals surface area contributed by atoms with Crippen LogP contribution in [0, 0.1) is 30.0 Å². The number of benzene rings is 3. The van der Waals surface area contributed by atoms with Crippen molar-refractivity contribution in [2.45, 2.75) is 155 Å². The molecule has 12 rings (SSSR count). The second-order valence-corrected chi connectivity index (χ2v) is 27.2. The van der Waals surface area contributed by atoms with E-state index in [0.29, 0.717) is 96.5 Å². The minimum Gasteiger partial charge on any atom is -0.458 e.